The van der Waals surface area contributed by atoms with Crippen molar-refractivity contribution in [3.63, 3.8) is 0 Å². The van der Waals surface area contributed by atoms with E-state index in [4.69, 9.17) is 9.84 Å². The summed E-state index contributed by atoms with van der Waals surface area (Å²) in [5.74, 6) is -11.7. The molecule has 4 N–H and O–H groups in total. The van der Waals surface area contributed by atoms with E-state index in [0.717, 1.165) is 0 Å². The molecule has 0 aromatic heterocycles. The first-order valence-electron chi connectivity index (χ1n) is 8.20. The van der Waals surface area contributed by atoms with Crippen molar-refractivity contribution in [1.82, 2.24) is 10.6 Å². The summed E-state index contributed by atoms with van der Waals surface area (Å²) in [7, 11) is 0. The topological polar surface area (TPSA) is 117 Å². The predicted molar refractivity (Wildman–Crippen MR) is 84.6 cm³/mol. The second kappa shape index (κ2) is 9.78. The fraction of sp³-hybridized carbons (Fsp3) is 0.500. The average Bonchev–Trinajstić information content (AvgIpc) is 2.93. The van der Waals surface area contributed by atoms with Gasteiger partial charge in [0.1, 0.15) is 18.9 Å². The van der Waals surface area contributed by atoms with E-state index in [9.17, 15) is 32.3 Å². The van der Waals surface area contributed by atoms with Gasteiger partial charge in [-0.05, 0) is 13.0 Å². The molecule has 12 heteroatoms. The van der Waals surface area contributed by atoms with Gasteiger partial charge in [-0.2, -0.15) is 8.78 Å². The van der Waals surface area contributed by atoms with Gasteiger partial charge in [-0.1, -0.05) is 0 Å². The predicted octanol–water partition coefficient (Wildman–Crippen LogP) is -0.0694. The normalized spacial score (nSPS) is 19.5. The second-order valence-electron chi connectivity index (χ2n) is 5.90. The van der Waals surface area contributed by atoms with Crippen LogP contribution >= 0.6 is 0 Å². The van der Waals surface area contributed by atoms with E-state index in [0.29, 0.717) is 19.6 Å². The average molecular weight is 410 g/mol. The molecule has 2 rings (SSSR count). The number of halogens is 4. The van der Waals surface area contributed by atoms with Crippen LogP contribution in [0.5, 0.6) is 5.75 Å². The van der Waals surface area contributed by atoms with Gasteiger partial charge in [-0.25, -0.2) is 8.78 Å². The summed E-state index contributed by atoms with van der Waals surface area (Å²) in [6.45, 7) is -0.115. The third-order valence-electron chi connectivity index (χ3n) is 3.86. The molecule has 1 saturated heterocycles. The number of hydrogen-bond donors (Lipinski definition) is 4. The van der Waals surface area contributed by atoms with Gasteiger partial charge in [0, 0.05) is 19.2 Å². The molecular formula is C16H18F4N2O6. The third-order valence-corrected chi connectivity index (χ3v) is 3.86. The van der Waals surface area contributed by atoms with Crippen LogP contribution in [-0.4, -0.2) is 66.6 Å². The van der Waals surface area contributed by atoms with Gasteiger partial charge in [0.2, 0.25) is 11.6 Å². The minimum Gasteiger partial charge on any atom is -0.480 e. The molecule has 0 amide bonds. The zero-order valence-electron chi connectivity index (χ0n) is 14.4. The highest BCUT2D eigenvalue weighted by atomic mass is 19.2. The lowest BCUT2D eigenvalue weighted by Gasteiger charge is -2.25. The van der Waals surface area contributed by atoms with Crippen LogP contribution in [0, 0.1) is 23.3 Å². The number of rotatable bonds is 8. The van der Waals surface area contributed by atoms with Crippen molar-refractivity contribution in [2.24, 2.45) is 0 Å². The zero-order chi connectivity index (χ0) is 20.8. The molecule has 8 nitrogen and oxygen atoms in total. The fourth-order valence-electron chi connectivity index (χ4n) is 2.42. The maximum atomic E-state index is 13.5. The van der Waals surface area contributed by atoms with Gasteiger partial charge in [-0.3, -0.25) is 14.9 Å². The van der Waals surface area contributed by atoms with E-state index in [1.54, 1.807) is 0 Å². The molecule has 1 aliphatic heterocycles. The number of nitrogens with one attached hydrogen (secondary N) is 2. The number of carbonyl (C=O) groups is 2. The number of ketones is 1. The molecule has 0 spiro atoms. The number of hydrogen-bond acceptors (Lipinski definition) is 7. The number of aliphatic hydroxyl groups is 1. The van der Waals surface area contributed by atoms with E-state index in [2.05, 4.69) is 15.4 Å². The van der Waals surface area contributed by atoms with Gasteiger partial charge in [0.25, 0.3) is 0 Å². The number of carbonyl (C=O) groups excluding carboxylic acids is 1. The molecule has 0 radical (unpaired) electrons. The van der Waals surface area contributed by atoms with Crippen molar-refractivity contribution < 1.29 is 46.8 Å². The monoisotopic (exact) mass is 410 g/mol. The fourth-order valence-corrected chi connectivity index (χ4v) is 2.42. The number of carboxylic acids is 1. The van der Waals surface area contributed by atoms with E-state index in [1.165, 1.54) is 0 Å². The van der Waals surface area contributed by atoms with Crippen LogP contribution in [0.1, 0.15) is 6.42 Å². The highest BCUT2D eigenvalue weighted by molar-refractivity contribution is 6.03. The first-order chi connectivity index (χ1) is 13.2. The molecule has 3 atom stereocenters. The minimum atomic E-state index is -2.02. The van der Waals surface area contributed by atoms with Crippen molar-refractivity contribution >= 4 is 11.8 Å². The third kappa shape index (κ3) is 5.38. The summed E-state index contributed by atoms with van der Waals surface area (Å²) in [4.78, 5) is 23.4. The molecule has 1 heterocycles. The summed E-state index contributed by atoms with van der Waals surface area (Å²) in [5.41, 5.74) is 0. The first-order valence-corrected chi connectivity index (χ1v) is 8.20. The Morgan fingerprint density at radius 1 is 1.29 bits per heavy atom. The Bertz CT molecular complexity index is 701. The molecule has 0 bridgehead atoms. The number of benzene rings is 1. The summed E-state index contributed by atoms with van der Waals surface area (Å²) in [6, 6.07) is -2.07. The Morgan fingerprint density at radius 3 is 2.54 bits per heavy atom. The molecule has 0 aliphatic carbocycles. The summed E-state index contributed by atoms with van der Waals surface area (Å²) >= 11 is 0. The largest absolute Gasteiger partial charge is 0.480 e. The van der Waals surface area contributed by atoms with Crippen LogP contribution < -0.4 is 15.4 Å². The van der Waals surface area contributed by atoms with Crippen molar-refractivity contribution in [2.45, 2.75) is 24.8 Å². The maximum Gasteiger partial charge on any atom is 0.328 e. The summed E-state index contributed by atoms with van der Waals surface area (Å²) in [6.07, 6.45) is -1.75. The van der Waals surface area contributed by atoms with E-state index in [-0.39, 0.29) is 12.6 Å². The number of Topliss-reactive ketones (excluding diaryl/α,β-unsaturated/α-hetero) is 1. The van der Waals surface area contributed by atoms with Crippen LogP contribution in [-0.2, 0) is 14.3 Å². The lowest BCUT2D eigenvalue weighted by molar-refractivity contribution is -0.146. The Hall–Kier alpha value is -2.28. The van der Waals surface area contributed by atoms with Crippen LogP contribution in [0.25, 0.3) is 0 Å². The van der Waals surface area contributed by atoms with Gasteiger partial charge < -0.3 is 25.0 Å². The molecule has 0 saturated carbocycles. The summed E-state index contributed by atoms with van der Waals surface area (Å²) in [5, 5.41) is 24.3. The van der Waals surface area contributed by atoms with Crippen LogP contribution in [0.15, 0.2) is 6.07 Å². The van der Waals surface area contributed by atoms with E-state index < -0.39 is 65.8 Å². The quantitative estimate of drug-likeness (QED) is 0.204. The zero-order valence-corrected chi connectivity index (χ0v) is 14.4. The number of ether oxygens (including phenoxy) is 2. The standard InChI is InChI=1S/C16H18F4N2O6/c17-7-4-8(18)12(20)14(11(7)19)28-6-9(23)13(16(25)26)22-15(24)10-5-21-2-1-3-27-10/h4,10,13,15,21-22,24H,1-3,5-6H2,(H,25,26)/t10-,13?,15?/m1/s1. The van der Waals surface area contributed by atoms with Gasteiger partial charge in [0.15, 0.2) is 29.2 Å². The SMILES string of the molecule is O=C(O)C(NC(O)[C@H]1CNCCCO1)C(=O)COc1c(F)c(F)cc(F)c1F. The number of aliphatic carboxylic acids is 1. The van der Waals surface area contributed by atoms with Crippen molar-refractivity contribution in [3.8, 4) is 5.75 Å². The Balaban J connectivity index is 2.04. The molecule has 156 valence electrons. The number of carboxylic acid groups (broad SMARTS) is 1. The van der Waals surface area contributed by atoms with Gasteiger partial charge in [0.05, 0.1) is 0 Å². The lowest BCUT2D eigenvalue weighted by atomic mass is 10.1. The lowest BCUT2D eigenvalue weighted by Crippen LogP contribution is -2.55. The highest BCUT2D eigenvalue weighted by Crippen LogP contribution is 2.26. The molecule has 1 aromatic carbocycles. The molecule has 1 fully saturated rings. The van der Waals surface area contributed by atoms with Crippen LogP contribution in [0.3, 0.4) is 0 Å². The summed E-state index contributed by atoms with van der Waals surface area (Å²) < 4.78 is 63.1. The molecular weight excluding hydrogens is 392 g/mol. The van der Waals surface area contributed by atoms with Crippen molar-refractivity contribution in [3.05, 3.63) is 29.3 Å². The number of aliphatic hydroxyl groups excluding tert-OH is 1. The van der Waals surface area contributed by atoms with E-state index in [1.807, 2.05) is 0 Å². The smallest absolute Gasteiger partial charge is 0.328 e. The van der Waals surface area contributed by atoms with Gasteiger partial charge in [-0.15, -0.1) is 0 Å². The minimum absolute atomic E-state index is 0.0436. The Morgan fingerprint density at radius 2 is 1.93 bits per heavy atom. The molecule has 1 aliphatic rings. The van der Waals surface area contributed by atoms with Gasteiger partial charge >= 0.3 is 5.97 Å². The van der Waals surface area contributed by atoms with Crippen molar-refractivity contribution in [2.75, 3.05) is 26.3 Å². The van der Waals surface area contributed by atoms with E-state index >= 15 is 0 Å². The maximum absolute atomic E-state index is 13.5. The Labute approximate surface area is 156 Å². The highest BCUT2D eigenvalue weighted by Gasteiger charge is 2.33. The van der Waals surface area contributed by atoms with Crippen LogP contribution in [0.2, 0.25) is 0 Å². The molecule has 28 heavy (non-hydrogen) atoms. The second-order valence-corrected chi connectivity index (χ2v) is 5.90. The van der Waals surface area contributed by atoms with Crippen molar-refractivity contribution in [1.29, 1.82) is 0 Å². The first kappa shape index (κ1) is 22.0. The molecule has 1 aromatic rings. The Kier molecular flexibility index (Phi) is 7.69. The molecule has 2 unspecified atom stereocenters. The van der Waals surface area contributed by atoms with Crippen LogP contribution in [0.4, 0.5) is 17.6 Å².